The van der Waals surface area contributed by atoms with Gasteiger partial charge in [0.1, 0.15) is 11.5 Å². The van der Waals surface area contributed by atoms with Gasteiger partial charge in [-0.1, -0.05) is 19.9 Å². The second-order valence-corrected chi connectivity index (χ2v) is 19.0. The Labute approximate surface area is 287 Å². The van der Waals surface area contributed by atoms with Crippen LogP contribution in [0.5, 0.6) is 0 Å². The largest absolute Gasteiger partial charge is 0.461 e. The smallest absolute Gasteiger partial charge is 0.269 e. The van der Waals surface area contributed by atoms with E-state index in [0.29, 0.717) is 11.3 Å². The number of benzene rings is 1. The minimum absolute atomic E-state index is 0.0600. The number of nitriles is 1. The standard InChI is InChI=1S/C44H51N3O/c1-42(2)7-9-47-8-6-37(43-20-28-10-29(21-43)12-30(11-28)22-43)36-16-27(17-38(42)41(36)47)4-5-35-18-34(39(26-45)46-3)19-40(48-35)44-23-31-13-32(24-44)15-33(14-31)25-44/h4-5,16-19,28-33,37H,6-15,20-25H2,1-2H3. The molecular weight excluding hydrogens is 587 g/mol. The molecule has 12 rings (SSSR count). The van der Waals surface area contributed by atoms with E-state index >= 15 is 0 Å². The van der Waals surface area contributed by atoms with E-state index in [-0.39, 0.29) is 16.5 Å². The molecule has 0 radical (unpaired) electrons. The van der Waals surface area contributed by atoms with Crippen LogP contribution in [-0.2, 0) is 10.2 Å². The first-order valence-electron chi connectivity index (χ1n) is 19.5. The summed E-state index contributed by atoms with van der Waals surface area (Å²) < 4.78 is 6.87. The molecule has 1 aromatic rings. The summed E-state index contributed by atoms with van der Waals surface area (Å²) in [6.45, 7) is 15.1. The molecule has 3 heterocycles. The molecule has 0 aromatic heterocycles. The zero-order valence-corrected chi connectivity index (χ0v) is 29.1. The van der Waals surface area contributed by atoms with Gasteiger partial charge in [-0.25, -0.2) is 10.1 Å². The summed E-state index contributed by atoms with van der Waals surface area (Å²) in [5, 5.41) is 9.91. The molecule has 0 N–H and O–H groups in total. The van der Waals surface area contributed by atoms with Gasteiger partial charge in [0.25, 0.3) is 5.70 Å². The van der Waals surface area contributed by atoms with Crippen molar-refractivity contribution in [2.75, 3.05) is 18.0 Å². The predicted molar refractivity (Wildman–Crippen MR) is 190 cm³/mol. The van der Waals surface area contributed by atoms with Crippen LogP contribution in [0.3, 0.4) is 0 Å². The summed E-state index contributed by atoms with van der Waals surface area (Å²) in [6.07, 6.45) is 27.5. The van der Waals surface area contributed by atoms with Crippen molar-refractivity contribution >= 4 is 11.8 Å². The topological polar surface area (TPSA) is 40.6 Å². The molecule has 48 heavy (non-hydrogen) atoms. The van der Waals surface area contributed by atoms with Gasteiger partial charge in [0.05, 0.1) is 12.6 Å². The van der Waals surface area contributed by atoms with Gasteiger partial charge in [0.15, 0.2) is 0 Å². The number of allylic oxidation sites excluding steroid dienone is 6. The Morgan fingerprint density at radius 3 is 2.10 bits per heavy atom. The van der Waals surface area contributed by atoms with Gasteiger partial charge in [-0.2, -0.15) is 0 Å². The summed E-state index contributed by atoms with van der Waals surface area (Å²) in [7, 11) is 0. The molecule has 1 unspecified atom stereocenters. The van der Waals surface area contributed by atoms with E-state index in [1.807, 2.05) is 6.08 Å². The second-order valence-electron chi connectivity index (χ2n) is 19.0. The second kappa shape index (κ2) is 10.4. The summed E-state index contributed by atoms with van der Waals surface area (Å²) in [6, 6.07) is 7.25. The fraction of sp³-hybridized carbons (Fsp3) is 0.636. The molecule has 4 nitrogen and oxygen atoms in total. The summed E-state index contributed by atoms with van der Waals surface area (Å²) >= 11 is 0. The Kier molecular flexibility index (Phi) is 6.42. The Hall–Kier alpha value is -3.24. The van der Waals surface area contributed by atoms with Crippen LogP contribution >= 0.6 is 0 Å². The summed E-state index contributed by atoms with van der Waals surface area (Å²) in [5.41, 5.74) is 7.64. The highest BCUT2D eigenvalue weighted by molar-refractivity contribution is 5.72. The van der Waals surface area contributed by atoms with E-state index in [9.17, 15) is 5.26 Å². The van der Waals surface area contributed by atoms with Gasteiger partial charge < -0.3 is 9.64 Å². The van der Waals surface area contributed by atoms with Gasteiger partial charge in [-0.15, -0.1) is 0 Å². The van der Waals surface area contributed by atoms with Crippen molar-refractivity contribution in [1.29, 1.82) is 5.26 Å². The quantitative estimate of drug-likeness (QED) is 0.244. The van der Waals surface area contributed by atoms with Crippen molar-refractivity contribution in [1.82, 2.24) is 0 Å². The van der Waals surface area contributed by atoms with E-state index in [2.05, 4.69) is 60.0 Å². The Morgan fingerprint density at radius 2 is 1.50 bits per heavy atom. The molecule has 8 bridgehead atoms. The third kappa shape index (κ3) is 4.50. The molecule has 0 spiro atoms. The van der Waals surface area contributed by atoms with Crippen LogP contribution in [0.2, 0.25) is 0 Å². The lowest BCUT2D eigenvalue weighted by atomic mass is 9.45. The molecule has 4 heteroatoms. The number of hydrogen-bond donors (Lipinski definition) is 0. The average Bonchev–Trinajstić information content (AvgIpc) is 3.05. The molecule has 8 fully saturated rings. The number of ether oxygens (including phenoxy) is 1. The zero-order valence-electron chi connectivity index (χ0n) is 29.1. The van der Waals surface area contributed by atoms with Crippen LogP contribution < -0.4 is 4.90 Å². The molecule has 8 aliphatic carbocycles. The Bertz CT molecular complexity index is 1700. The fourth-order valence-electron chi connectivity index (χ4n) is 14.2. The molecule has 11 aliphatic rings. The zero-order chi connectivity index (χ0) is 32.4. The minimum atomic E-state index is 0.0600. The molecule has 0 saturated heterocycles. The van der Waals surface area contributed by atoms with E-state index in [1.54, 1.807) is 11.3 Å². The average molecular weight is 638 g/mol. The van der Waals surface area contributed by atoms with Crippen molar-refractivity contribution in [3.05, 3.63) is 81.3 Å². The Balaban J connectivity index is 1.03. The predicted octanol–water partition coefficient (Wildman–Crippen LogP) is 10.6. The van der Waals surface area contributed by atoms with Gasteiger partial charge >= 0.3 is 0 Å². The van der Waals surface area contributed by atoms with E-state index in [1.165, 1.54) is 114 Å². The van der Waals surface area contributed by atoms with E-state index in [0.717, 1.165) is 52.6 Å². The lowest BCUT2D eigenvalue weighted by Crippen LogP contribution is -2.51. The lowest BCUT2D eigenvalue weighted by molar-refractivity contribution is -0.0704. The van der Waals surface area contributed by atoms with Crippen LogP contribution in [0, 0.1) is 64.2 Å². The number of anilines is 1. The highest BCUT2D eigenvalue weighted by atomic mass is 16.5. The molecule has 8 saturated carbocycles. The van der Waals surface area contributed by atoms with Crippen LogP contribution in [0.25, 0.3) is 10.9 Å². The maximum Gasteiger partial charge on any atom is 0.269 e. The van der Waals surface area contributed by atoms with Crippen molar-refractivity contribution < 1.29 is 4.74 Å². The highest BCUT2D eigenvalue weighted by Crippen LogP contribution is 2.67. The Morgan fingerprint density at radius 1 is 0.875 bits per heavy atom. The van der Waals surface area contributed by atoms with Crippen molar-refractivity contribution in [2.45, 2.75) is 115 Å². The normalized spacial score (nSPS) is 42.1. The van der Waals surface area contributed by atoms with Crippen molar-refractivity contribution in [2.24, 2.45) is 46.3 Å². The number of hydrogen-bond acceptors (Lipinski definition) is 3. The van der Waals surface area contributed by atoms with Crippen LogP contribution in [-0.4, -0.2) is 13.1 Å². The molecule has 1 aromatic carbocycles. The van der Waals surface area contributed by atoms with Crippen LogP contribution in [0.1, 0.15) is 126 Å². The lowest BCUT2D eigenvalue weighted by Gasteiger charge is -2.61. The van der Waals surface area contributed by atoms with E-state index in [4.69, 9.17) is 11.3 Å². The van der Waals surface area contributed by atoms with E-state index < -0.39 is 0 Å². The molecule has 248 valence electrons. The van der Waals surface area contributed by atoms with Crippen molar-refractivity contribution in [3.63, 3.8) is 0 Å². The third-order valence-electron chi connectivity index (χ3n) is 15.4. The summed E-state index contributed by atoms with van der Waals surface area (Å²) in [4.78, 5) is 6.38. The van der Waals surface area contributed by atoms with Crippen LogP contribution in [0.4, 0.5) is 5.69 Å². The maximum atomic E-state index is 9.91. The van der Waals surface area contributed by atoms with Gasteiger partial charge in [-0.05, 0) is 195 Å². The summed E-state index contributed by atoms with van der Waals surface area (Å²) in [5.74, 6) is 7.76. The van der Waals surface area contributed by atoms with Gasteiger partial charge in [0.2, 0.25) is 0 Å². The van der Waals surface area contributed by atoms with Crippen LogP contribution in [0.15, 0.2) is 53.1 Å². The van der Waals surface area contributed by atoms with Crippen molar-refractivity contribution in [3.8, 4) is 6.07 Å². The van der Waals surface area contributed by atoms with Gasteiger partial charge in [0, 0.05) is 24.2 Å². The first kappa shape index (κ1) is 29.7. The number of rotatable bonds is 4. The minimum Gasteiger partial charge on any atom is -0.461 e. The SMILES string of the molecule is [C-]#[N+]C(C#N)=C1C=C(C=Cc2cc3c4c(c2)C(C)(C)CCN4CCC3C23CC4CC(CC(C4)C2)C3)OC(C23CC4CC(CC(C4)C2)C3)=C1. The fourth-order valence-corrected chi connectivity index (χ4v) is 14.2. The maximum absolute atomic E-state index is 9.91. The monoisotopic (exact) mass is 637 g/mol. The third-order valence-corrected chi connectivity index (χ3v) is 15.4. The highest BCUT2D eigenvalue weighted by Gasteiger charge is 2.56. The molecular formula is C44H51N3O. The molecule has 3 aliphatic heterocycles. The first-order valence-corrected chi connectivity index (χ1v) is 19.5. The molecule has 1 atom stereocenters. The number of nitrogens with zero attached hydrogens (tertiary/aromatic N) is 3. The first-order chi connectivity index (χ1) is 23.2. The molecule has 0 amide bonds. The van der Waals surface area contributed by atoms with Gasteiger partial charge in [-0.3, -0.25) is 0 Å².